The van der Waals surface area contributed by atoms with Crippen LogP contribution in [0.2, 0.25) is 0 Å². The fourth-order valence-electron chi connectivity index (χ4n) is 2.51. The van der Waals surface area contributed by atoms with Crippen LogP contribution >= 0.6 is 12.6 Å². The number of hydrogen-bond donors (Lipinski definition) is 1. The van der Waals surface area contributed by atoms with Crippen LogP contribution in [0.3, 0.4) is 0 Å². The fourth-order valence-corrected chi connectivity index (χ4v) is 2.86. The van der Waals surface area contributed by atoms with Crippen molar-refractivity contribution in [1.82, 2.24) is 0 Å². The molecular weight excluding hydrogens is 212 g/mol. The van der Waals surface area contributed by atoms with Gasteiger partial charge in [-0.15, -0.1) is 12.6 Å². The number of rotatable bonds is 0. The van der Waals surface area contributed by atoms with Crippen molar-refractivity contribution in [2.75, 3.05) is 0 Å². The van der Waals surface area contributed by atoms with Crippen LogP contribution < -0.4 is 0 Å². The molecule has 1 atom stereocenters. The van der Waals surface area contributed by atoms with Gasteiger partial charge in [-0.05, 0) is 50.6 Å². The Morgan fingerprint density at radius 1 is 1.00 bits per heavy atom. The van der Waals surface area contributed by atoms with E-state index in [9.17, 15) is 0 Å². The van der Waals surface area contributed by atoms with Crippen molar-refractivity contribution >= 4 is 35.1 Å². The van der Waals surface area contributed by atoms with E-state index in [2.05, 4.69) is 61.2 Å². The van der Waals surface area contributed by atoms with Crippen LogP contribution in [0.15, 0.2) is 47.4 Å². The lowest BCUT2D eigenvalue weighted by Crippen LogP contribution is -1.94. The van der Waals surface area contributed by atoms with E-state index in [4.69, 9.17) is 0 Å². The van der Waals surface area contributed by atoms with E-state index < -0.39 is 0 Å². The van der Waals surface area contributed by atoms with E-state index >= 15 is 0 Å². The molecule has 2 aliphatic rings. The maximum Gasteiger partial charge on any atom is 0.0336 e. The highest BCUT2D eigenvalue weighted by Gasteiger charge is 2.32. The molecule has 2 aliphatic carbocycles. The molecule has 0 aliphatic heterocycles. The SMILES string of the molecule is SC1=Cc2cc3ccccc3cc2C2=CC12. The number of thiol groups is 1. The molecule has 0 nitrogen and oxygen atoms in total. The number of fused-ring (bicyclic) bond motifs is 4. The molecule has 2 aromatic rings. The molecule has 0 radical (unpaired) electrons. The Bertz CT molecular complexity index is 677. The Hall–Kier alpha value is -1.47. The van der Waals surface area contributed by atoms with Crippen molar-refractivity contribution in [3.63, 3.8) is 0 Å². The largest absolute Gasteiger partial charge is 0.147 e. The smallest absolute Gasteiger partial charge is 0.0336 e. The van der Waals surface area contributed by atoms with Crippen molar-refractivity contribution in [1.29, 1.82) is 0 Å². The van der Waals surface area contributed by atoms with Crippen molar-refractivity contribution in [2.24, 2.45) is 5.92 Å². The molecule has 16 heavy (non-hydrogen) atoms. The average molecular weight is 222 g/mol. The van der Waals surface area contributed by atoms with Crippen LogP contribution in [0, 0.1) is 5.92 Å². The normalized spacial score (nSPS) is 20.9. The minimum Gasteiger partial charge on any atom is -0.147 e. The van der Waals surface area contributed by atoms with Gasteiger partial charge in [-0.25, -0.2) is 0 Å². The summed E-state index contributed by atoms with van der Waals surface area (Å²) < 4.78 is 0. The van der Waals surface area contributed by atoms with E-state index in [0.717, 1.165) is 0 Å². The molecule has 4 rings (SSSR count). The summed E-state index contributed by atoms with van der Waals surface area (Å²) in [5, 5.41) is 2.63. The summed E-state index contributed by atoms with van der Waals surface area (Å²) in [5.41, 5.74) is 4.15. The first-order valence-corrected chi connectivity index (χ1v) is 5.93. The van der Waals surface area contributed by atoms with Gasteiger partial charge in [0.15, 0.2) is 0 Å². The van der Waals surface area contributed by atoms with Gasteiger partial charge in [0.1, 0.15) is 0 Å². The molecule has 0 saturated heterocycles. The third kappa shape index (κ3) is 1.07. The summed E-state index contributed by atoms with van der Waals surface area (Å²) in [4.78, 5) is 1.18. The van der Waals surface area contributed by atoms with Gasteiger partial charge in [0.05, 0.1) is 0 Å². The van der Waals surface area contributed by atoms with Crippen molar-refractivity contribution < 1.29 is 0 Å². The Labute approximate surface area is 99.7 Å². The van der Waals surface area contributed by atoms with Gasteiger partial charge in [-0.3, -0.25) is 0 Å². The lowest BCUT2D eigenvalue weighted by molar-refractivity contribution is 1.23. The molecular formula is C15H10S. The number of benzene rings is 2. The molecule has 0 aromatic heterocycles. The molecule has 0 N–H and O–H groups in total. The van der Waals surface area contributed by atoms with Gasteiger partial charge in [0.2, 0.25) is 0 Å². The minimum absolute atomic E-state index is 0.511. The Balaban J connectivity index is 2.09. The second kappa shape index (κ2) is 2.80. The van der Waals surface area contributed by atoms with E-state index in [-0.39, 0.29) is 0 Å². The zero-order valence-electron chi connectivity index (χ0n) is 8.64. The topological polar surface area (TPSA) is 0 Å². The van der Waals surface area contributed by atoms with Gasteiger partial charge in [0, 0.05) is 5.92 Å². The van der Waals surface area contributed by atoms with Gasteiger partial charge >= 0.3 is 0 Å². The highest BCUT2D eigenvalue weighted by Crippen LogP contribution is 2.50. The molecule has 2 aromatic carbocycles. The highest BCUT2D eigenvalue weighted by atomic mass is 32.1. The van der Waals surface area contributed by atoms with Crippen LogP contribution in [0.5, 0.6) is 0 Å². The summed E-state index contributed by atoms with van der Waals surface area (Å²) in [7, 11) is 0. The quantitative estimate of drug-likeness (QED) is 0.636. The van der Waals surface area contributed by atoms with Crippen molar-refractivity contribution in [3.8, 4) is 0 Å². The van der Waals surface area contributed by atoms with Gasteiger partial charge in [-0.2, -0.15) is 0 Å². The number of hydrogen-bond acceptors (Lipinski definition) is 1. The van der Waals surface area contributed by atoms with Crippen LogP contribution in [0.25, 0.3) is 22.4 Å². The van der Waals surface area contributed by atoms with Crippen LogP contribution in [0.4, 0.5) is 0 Å². The molecule has 76 valence electrons. The summed E-state index contributed by atoms with van der Waals surface area (Å²) in [5.74, 6) is 0.511. The maximum atomic E-state index is 4.53. The molecule has 0 saturated carbocycles. The molecule has 0 bridgehead atoms. The Kier molecular flexibility index (Phi) is 1.52. The summed E-state index contributed by atoms with van der Waals surface area (Å²) >= 11 is 4.53. The predicted molar refractivity (Wildman–Crippen MR) is 72.4 cm³/mol. The van der Waals surface area contributed by atoms with Gasteiger partial charge in [-0.1, -0.05) is 30.3 Å². The average Bonchev–Trinajstić information content (AvgIpc) is 3.08. The lowest BCUT2D eigenvalue weighted by atomic mass is 9.94. The molecule has 1 unspecified atom stereocenters. The third-order valence-electron chi connectivity index (χ3n) is 3.42. The standard InChI is InChI=1S/C15H10S/c16-15-7-11-5-9-3-1-2-4-10(9)6-12(11)13-8-14(13)15/h1-8,14,16H. The fraction of sp³-hybridized carbons (Fsp3) is 0.0667. The first-order valence-electron chi connectivity index (χ1n) is 5.48. The van der Waals surface area contributed by atoms with E-state index in [1.54, 1.807) is 0 Å². The van der Waals surface area contributed by atoms with E-state index in [0.29, 0.717) is 5.92 Å². The maximum absolute atomic E-state index is 4.53. The third-order valence-corrected chi connectivity index (χ3v) is 3.83. The van der Waals surface area contributed by atoms with E-state index in [1.807, 2.05) is 0 Å². The predicted octanol–water partition coefficient (Wildman–Crippen LogP) is 4.14. The van der Waals surface area contributed by atoms with Crippen LogP contribution in [0.1, 0.15) is 11.1 Å². The van der Waals surface area contributed by atoms with Gasteiger partial charge in [0.25, 0.3) is 0 Å². The molecule has 1 heteroatoms. The monoisotopic (exact) mass is 222 g/mol. The second-order valence-corrected chi connectivity index (χ2v) is 4.97. The van der Waals surface area contributed by atoms with Crippen molar-refractivity contribution in [2.45, 2.75) is 0 Å². The molecule has 0 heterocycles. The zero-order valence-corrected chi connectivity index (χ0v) is 9.54. The minimum atomic E-state index is 0.511. The molecule has 0 amide bonds. The van der Waals surface area contributed by atoms with Gasteiger partial charge < -0.3 is 0 Å². The Morgan fingerprint density at radius 3 is 2.56 bits per heavy atom. The Morgan fingerprint density at radius 2 is 1.75 bits per heavy atom. The number of allylic oxidation sites excluding steroid dienone is 3. The first kappa shape index (κ1) is 8.66. The lowest BCUT2D eigenvalue weighted by Gasteiger charge is -2.13. The summed E-state index contributed by atoms with van der Waals surface area (Å²) in [6.45, 7) is 0. The van der Waals surface area contributed by atoms with Crippen molar-refractivity contribution in [3.05, 3.63) is 58.5 Å². The van der Waals surface area contributed by atoms with Crippen LogP contribution in [-0.4, -0.2) is 0 Å². The summed E-state index contributed by atoms with van der Waals surface area (Å²) in [6, 6.07) is 13.1. The zero-order chi connectivity index (χ0) is 10.7. The first-order chi connectivity index (χ1) is 7.83. The van der Waals surface area contributed by atoms with E-state index in [1.165, 1.54) is 32.4 Å². The second-order valence-electron chi connectivity index (χ2n) is 4.46. The van der Waals surface area contributed by atoms with Crippen LogP contribution in [-0.2, 0) is 0 Å². The highest BCUT2D eigenvalue weighted by molar-refractivity contribution is 7.84. The molecule has 0 spiro atoms. The molecule has 0 fully saturated rings. The summed E-state index contributed by atoms with van der Waals surface area (Å²) in [6.07, 6.45) is 4.49.